The first-order valence-corrected chi connectivity index (χ1v) is 18.1. The Morgan fingerprint density at radius 2 is 1.04 bits per heavy atom. The molecule has 5 heteroatoms. The van der Waals surface area contributed by atoms with Gasteiger partial charge >= 0.3 is 0 Å². The van der Waals surface area contributed by atoms with E-state index in [2.05, 4.69) is 124 Å². The van der Waals surface area contributed by atoms with E-state index in [9.17, 15) is 4.79 Å². The minimum Gasteiger partial charge on any atom is -0.309 e. The highest BCUT2D eigenvalue weighted by Gasteiger charge is 2.16. The molecular formula is C47H29N3OS. The molecule has 0 aliphatic heterocycles. The molecular weight excluding hydrogens is 655 g/mol. The minimum absolute atomic E-state index is 0.0000793. The maximum Gasteiger partial charge on any atom is 0.193 e. The first-order valence-electron chi connectivity index (χ1n) is 17.3. The van der Waals surface area contributed by atoms with Crippen molar-refractivity contribution in [3.8, 4) is 39.1 Å². The molecule has 4 nitrogen and oxygen atoms in total. The van der Waals surface area contributed by atoms with Crippen molar-refractivity contribution in [1.29, 1.82) is 0 Å². The smallest absolute Gasteiger partial charge is 0.193 e. The summed E-state index contributed by atoms with van der Waals surface area (Å²) in [6.07, 6.45) is 3.38. The Kier molecular flexibility index (Phi) is 7.12. The van der Waals surface area contributed by atoms with Crippen molar-refractivity contribution >= 4 is 59.1 Å². The van der Waals surface area contributed by atoms with Crippen molar-refractivity contribution in [3.05, 3.63) is 187 Å². The lowest BCUT2D eigenvalue weighted by atomic mass is 9.96. The Balaban J connectivity index is 0.946. The number of rotatable bonds is 6. The average molecular weight is 684 g/mol. The molecule has 0 radical (unpaired) electrons. The van der Waals surface area contributed by atoms with Crippen LogP contribution in [0.25, 0.3) is 81.0 Å². The molecule has 0 saturated heterocycles. The maximum absolute atomic E-state index is 13.3. The standard InChI is InChI=1S/C47H29N3OS/c51-47(35-20-16-33(17-21-35)37-24-25-48-49-29-37)34-18-14-31(15-19-34)30-10-12-32(13-11-30)36-22-23-45-41(26-36)42-27-44-40(28-46(42)52-45)39-8-4-5-9-43(39)50(44)38-6-2-1-3-7-38/h1-29H. The van der Waals surface area contributed by atoms with Crippen LogP contribution in [0.15, 0.2) is 176 Å². The summed E-state index contributed by atoms with van der Waals surface area (Å²) in [7, 11) is 0. The van der Waals surface area contributed by atoms with Crippen LogP contribution in [-0.2, 0) is 0 Å². The molecule has 3 aromatic heterocycles. The molecule has 10 aromatic rings. The number of fused-ring (bicyclic) bond motifs is 6. The topological polar surface area (TPSA) is 47.8 Å². The van der Waals surface area contributed by atoms with Gasteiger partial charge in [-0.15, -0.1) is 11.3 Å². The number of nitrogens with zero attached hydrogens (tertiary/aromatic N) is 3. The van der Waals surface area contributed by atoms with E-state index in [1.165, 1.54) is 58.8 Å². The van der Waals surface area contributed by atoms with E-state index in [4.69, 9.17) is 0 Å². The molecule has 0 N–H and O–H groups in total. The Morgan fingerprint density at radius 1 is 0.442 bits per heavy atom. The van der Waals surface area contributed by atoms with Crippen LogP contribution in [0, 0.1) is 0 Å². The molecule has 0 spiro atoms. The molecule has 0 saturated carbocycles. The summed E-state index contributed by atoms with van der Waals surface area (Å²) < 4.78 is 4.97. The van der Waals surface area contributed by atoms with Crippen molar-refractivity contribution in [2.75, 3.05) is 0 Å². The van der Waals surface area contributed by atoms with Crippen LogP contribution < -0.4 is 0 Å². The summed E-state index contributed by atoms with van der Waals surface area (Å²) in [5.41, 5.74) is 11.4. The van der Waals surface area contributed by atoms with Gasteiger partial charge in [0.2, 0.25) is 0 Å². The molecule has 7 aromatic carbocycles. The van der Waals surface area contributed by atoms with Gasteiger partial charge in [-0.25, -0.2) is 0 Å². The number of hydrogen-bond donors (Lipinski definition) is 0. The Hall–Kier alpha value is -6.69. The molecule has 10 rings (SSSR count). The second-order valence-corrected chi connectivity index (χ2v) is 14.1. The highest BCUT2D eigenvalue weighted by molar-refractivity contribution is 7.25. The summed E-state index contributed by atoms with van der Waals surface area (Å²) in [5, 5.41) is 12.9. The van der Waals surface area contributed by atoms with Gasteiger partial charge in [0.05, 0.1) is 23.4 Å². The first kappa shape index (κ1) is 30.2. The molecule has 3 heterocycles. The number of thiophene rings is 1. The van der Waals surface area contributed by atoms with Crippen LogP contribution in [0.2, 0.25) is 0 Å². The summed E-state index contributed by atoms with van der Waals surface area (Å²) in [5.74, 6) is -0.0000793. The van der Waals surface area contributed by atoms with Gasteiger partial charge in [-0.2, -0.15) is 10.2 Å². The summed E-state index contributed by atoms with van der Waals surface area (Å²) in [6, 6.07) is 57.0. The first-order chi connectivity index (χ1) is 25.7. The van der Waals surface area contributed by atoms with Gasteiger partial charge in [-0.05, 0) is 76.3 Å². The van der Waals surface area contributed by atoms with Crippen LogP contribution >= 0.6 is 11.3 Å². The van der Waals surface area contributed by atoms with Gasteiger partial charge in [0.1, 0.15) is 0 Å². The minimum atomic E-state index is -0.0000793. The van der Waals surface area contributed by atoms with Crippen LogP contribution in [0.3, 0.4) is 0 Å². The zero-order chi connectivity index (χ0) is 34.6. The molecule has 0 bridgehead atoms. The van der Waals surface area contributed by atoms with E-state index in [0.29, 0.717) is 11.1 Å². The van der Waals surface area contributed by atoms with Gasteiger partial charge < -0.3 is 4.57 Å². The third kappa shape index (κ3) is 5.10. The van der Waals surface area contributed by atoms with Crippen molar-refractivity contribution < 1.29 is 4.79 Å². The van der Waals surface area contributed by atoms with Gasteiger partial charge in [0, 0.05) is 53.3 Å². The van der Waals surface area contributed by atoms with Crippen LogP contribution in [0.1, 0.15) is 15.9 Å². The van der Waals surface area contributed by atoms with Crippen LogP contribution in [0.5, 0.6) is 0 Å². The average Bonchev–Trinajstić information content (AvgIpc) is 3.75. The lowest BCUT2D eigenvalue weighted by Crippen LogP contribution is -2.01. The second kappa shape index (κ2) is 12.3. The number of hydrogen-bond acceptors (Lipinski definition) is 4. The van der Waals surface area contributed by atoms with E-state index in [0.717, 1.165) is 22.3 Å². The zero-order valence-electron chi connectivity index (χ0n) is 27.9. The van der Waals surface area contributed by atoms with Crippen molar-refractivity contribution in [2.45, 2.75) is 0 Å². The fourth-order valence-electron chi connectivity index (χ4n) is 7.38. The Morgan fingerprint density at radius 3 is 1.73 bits per heavy atom. The zero-order valence-corrected chi connectivity index (χ0v) is 28.7. The van der Waals surface area contributed by atoms with Gasteiger partial charge in [-0.1, -0.05) is 115 Å². The molecule has 0 aliphatic rings. The van der Waals surface area contributed by atoms with Crippen molar-refractivity contribution in [2.24, 2.45) is 0 Å². The largest absolute Gasteiger partial charge is 0.309 e. The number of benzene rings is 7. The SMILES string of the molecule is O=C(c1ccc(-c2ccc(-c3ccc4sc5cc6c7ccccc7n(-c7ccccc7)c6cc5c4c3)cc2)cc1)c1ccc(-c2ccnnc2)cc1. The van der Waals surface area contributed by atoms with Crippen molar-refractivity contribution in [3.63, 3.8) is 0 Å². The number of aromatic nitrogens is 3. The number of carbonyl (C=O) groups excluding carboxylic acids is 1. The normalized spacial score (nSPS) is 11.5. The lowest BCUT2D eigenvalue weighted by Gasteiger charge is -2.08. The monoisotopic (exact) mass is 683 g/mol. The van der Waals surface area contributed by atoms with Gasteiger partial charge in [-0.3, -0.25) is 4.79 Å². The number of para-hydroxylation sites is 2. The fourth-order valence-corrected chi connectivity index (χ4v) is 8.49. The summed E-state index contributed by atoms with van der Waals surface area (Å²) >= 11 is 1.86. The van der Waals surface area contributed by atoms with E-state index in [1.54, 1.807) is 12.4 Å². The molecule has 0 amide bonds. The molecule has 0 unspecified atom stereocenters. The third-order valence-corrected chi connectivity index (χ3v) is 11.2. The highest BCUT2D eigenvalue weighted by atomic mass is 32.1. The molecule has 0 fully saturated rings. The maximum atomic E-state index is 13.3. The third-order valence-electron chi connectivity index (χ3n) is 10.0. The summed E-state index contributed by atoms with van der Waals surface area (Å²) in [6.45, 7) is 0. The highest BCUT2D eigenvalue weighted by Crippen LogP contribution is 2.42. The van der Waals surface area contributed by atoms with Crippen LogP contribution in [-0.4, -0.2) is 20.5 Å². The fraction of sp³-hybridized carbons (Fsp3) is 0. The van der Waals surface area contributed by atoms with Crippen LogP contribution in [0.4, 0.5) is 0 Å². The predicted octanol–water partition coefficient (Wildman–Crippen LogP) is 12.2. The van der Waals surface area contributed by atoms with E-state index < -0.39 is 0 Å². The molecule has 0 atom stereocenters. The van der Waals surface area contributed by atoms with E-state index in [1.807, 2.05) is 65.9 Å². The number of ketones is 1. The van der Waals surface area contributed by atoms with Gasteiger partial charge in [0.25, 0.3) is 0 Å². The molecule has 0 aliphatic carbocycles. The quantitative estimate of drug-likeness (QED) is 0.164. The Labute approximate surface area is 303 Å². The lowest BCUT2D eigenvalue weighted by molar-refractivity contribution is 0.103. The van der Waals surface area contributed by atoms with Crippen molar-refractivity contribution in [1.82, 2.24) is 14.8 Å². The number of carbonyl (C=O) groups is 1. The molecule has 52 heavy (non-hydrogen) atoms. The van der Waals surface area contributed by atoms with Gasteiger partial charge in [0.15, 0.2) is 5.78 Å². The summed E-state index contributed by atoms with van der Waals surface area (Å²) in [4.78, 5) is 13.3. The second-order valence-electron chi connectivity index (χ2n) is 13.1. The predicted molar refractivity (Wildman–Crippen MR) is 215 cm³/mol. The van der Waals surface area contributed by atoms with E-state index >= 15 is 0 Å². The van der Waals surface area contributed by atoms with E-state index in [-0.39, 0.29) is 5.78 Å². The Bertz CT molecular complexity index is 2930. The molecule has 244 valence electrons.